The van der Waals surface area contributed by atoms with Crippen molar-refractivity contribution in [1.82, 2.24) is 0 Å². The summed E-state index contributed by atoms with van der Waals surface area (Å²) in [5, 5.41) is 18.2. The predicted octanol–water partition coefficient (Wildman–Crippen LogP) is 3.00. The molecule has 0 spiro atoms. The van der Waals surface area contributed by atoms with E-state index in [0.717, 1.165) is 16.7 Å². The molecule has 3 N–H and O–H groups in total. The molecule has 6 heteroatoms. The number of carbonyl (C=O) groups is 1. The number of aliphatic hydroxyl groups excluding tert-OH is 1. The molecule has 0 aliphatic heterocycles. The molecule has 0 amide bonds. The molecule has 0 aromatic heterocycles. The summed E-state index contributed by atoms with van der Waals surface area (Å²) in [6.45, 7) is 0. The van der Waals surface area contributed by atoms with Crippen molar-refractivity contribution < 1.29 is 24.5 Å². The molecular weight excluding hydrogens is 327 g/mol. The van der Waals surface area contributed by atoms with Crippen LogP contribution < -0.4 is 0 Å². The maximum atomic E-state index is 12.2. The third-order valence-corrected chi connectivity index (χ3v) is 5.65. The topological polar surface area (TPSA) is 94.8 Å². The molecule has 2 aromatic carbocycles. The van der Waals surface area contributed by atoms with E-state index in [0.29, 0.717) is 6.42 Å². The fraction of sp³-hybridized carbons (Fsp3) is 0.278. The number of rotatable bonds is 8. The number of aryl methyl sites for hydroxylation is 1. The zero-order valence-electron chi connectivity index (χ0n) is 13.2. The lowest BCUT2D eigenvalue weighted by Gasteiger charge is -2.16. The van der Waals surface area contributed by atoms with Crippen molar-refractivity contribution >= 4 is 13.3 Å². The highest BCUT2D eigenvalue weighted by Crippen LogP contribution is 2.42. The summed E-state index contributed by atoms with van der Waals surface area (Å²) in [7, 11) is -3.60. The van der Waals surface area contributed by atoms with Crippen LogP contribution in [0.5, 0.6) is 0 Å². The summed E-state index contributed by atoms with van der Waals surface area (Å²) in [6.07, 6.45) is -1.83. The summed E-state index contributed by atoms with van der Waals surface area (Å²) in [6, 6.07) is 17.4. The zero-order valence-corrected chi connectivity index (χ0v) is 14.1. The molecule has 0 saturated carbocycles. The number of carboxylic acid groups (broad SMARTS) is 1. The van der Waals surface area contributed by atoms with E-state index in [-0.39, 0.29) is 6.16 Å². The van der Waals surface area contributed by atoms with Gasteiger partial charge in [-0.05, 0) is 23.1 Å². The molecule has 0 saturated heterocycles. The zero-order chi connectivity index (χ0) is 17.6. The molecule has 0 fully saturated rings. The largest absolute Gasteiger partial charge is 0.481 e. The smallest absolute Gasteiger partial charge is 0.305 e. The normalized spacial score (nSPS) is 14.8. The van der Waals surface area contributed by atoms with Gasteiger partial charge in [0.25, 0.3) is 0 Å². The van der Waals surface area contributed by atoms with E-state index < -0.39 is 32.0 Å². The van der Waals surface area contributed by atoms with Crippen LogP contribution in [0.1, 0.15) is 12.0 Å². The maximum Gasteiger partial charge on any atom is 0.305 e. The first kappa shape index (κ1) is 18.4. The van der Waals surface area contributed by atoms with Crippen LogP contribution in [0.4, 0.5) is 0 Å². The van der Waals surface area contributed by atoms with E-state index in [1.165, 1.54) is 0 Å². The van der Waals surface area contributed by atoms with Gasteiger partial charge in [-0.25, -0.2) is 0 Å². The van der Waals surface area contributed by atoms with E-state index in [4.69, 9.17) is 5.11 Å². The summed E-state index contributed by atoms with van der Waals surface area (Å²) in [4.78, 5) is 20.6. The van der Waals surface area contributed by atoms with E-state index in [2.05, 4.69) is 0 Å². The molecule has 2 rings (SSSR count). The van der Waals surface area contributed by atoms with Gasteiger partial charge in [-0.2, -0.15) is 0 Å². The van der Waals surface area contributed by atoms with Gasteiger partial charge in [-0.15, -0.1) is 0 Å². The number of carboxylic acids is 1. The SMILES string of the molecule is O=C(O)CC(O)CP(=O)(O)CCc1ccccc1-c1ccccc1. The molecule has 0 radical (unpaired) electrons. The molecule has 2 aromatic rings. The Kier molecular flexibility index (Phi) is 6.32. The number of aliphatic carboxylic acids is 1. The average molecular weight is 348 g/mol. The quantitative estimate of drug-likeness (QED) is 0.638. The lowest BCUT2D eigenvalue weighted by atomic mass is 9.98. The van der Waals surface area contributed by atoms with Crippen molar-refractivity contribution in [2.75, 3.05) is 12.3 Å². The van der Waals surface area contributed by atoms with E-state index in [1.807, 2.05) is 54.6 Å². The van der Waals surface area contributed by atoms with Crippen molar-refractivity contribution in [3.8, 4) is 11.1 Å². The highest BCUT2D eigenvalue weighted by Gasteiger charge is 2.24. The van der Waals surface area contributed by atoms with Gasteiger partial charge in [0.05, 0.1) is 18.7 Å². The minimum Gasteiger partial charge on any atom is -0.481 e. The van der Waals surface area contributed by atoms with E-state index in [9.17, 15) is 19.4 Å². The van der Waals surface area contributed by atoms with Gasteiger partial charge in [0, 0.05) is 6.16 Å². The number of benzene rings is 2. The van der Waals surface area contributed by atoms with Crippen LogP contribution in [0.3, 0.4) is 0 Å². The summed E-state index contributed by atoms with van der Waals surface area (Å²) >= 11 is 0. The van der Waals surface area contributed by atoms with Crippen molar-refractivity contribution in [3.63, 3.8) is 0 Å². The fourth-order valence-electron chi connectivity index (χ4n) is 2.62. The highest BCUT2D eigenvalue weighted by atomic mass is 31.2. The van der Waals surface area contributed by atoms with Gasteiger partial charge in [0.1, 0.15) is 0 Å². The number of hydrogen-bond donors (Lipinski definition) is 3. The molecule has 0 heterocycles. The second-order valence-electron chi connectivity index (χ2n) is 5.78. The van der Waals surface area contributed by atoms with Gasteiger partial charge in [-0.1, -0.05) is 54.6 Å². The highest BCUT2D eigenvalue weighted by molar-refractivity contribution is 7.58. The predicted molar refractivity (Wildman–Crippen MR) is 93.4 cm³/mol. The van der Waals surface area contributed by atoms with E-state index >= 15 is 0 Å². The van der Waals surface area contributed by atoms with Gasteiger partial charge >= 0.3 is 5.97 Å². The molecule has 128 valence electrons. The van der Waals surface area contributed by atoms with Gasteiger partial charge in [-0.3, -0.25) is 9.36 Å². The molecule has 2 unspecified atom stereocenters. The Hall–Kier alpha value is -1.94. The molecule has 5 nitrogen and oxygen atoms in total. The Bertz CT molecular complexity index is 729. The summed E-state index contributed by atoms with van der Waals surface area (Å²) < 4.78 is 12.2. The summed E-state index contributed by atoms with van der Waals surface area (Å²) in [5.74, 6) is -1.18. The molecule has 0 bridgehead atoms. The van der Waals surface area contributed by atoms with Crippen LogP contribution in [-0.4, -0.2) is 39.5 Å². The lowest BCUT2D eigenvalue weighted by Crippen LogP contribution is -2.18. The molecule has 0 aliphatic carbocycles. The molecule has 24 heavy (non-hydrogen) atoms. The molecular formula is C18H21O5P. The minimum atomic E-state index is -3.60. The Morgan fingerprint density at radius 1 is 1.04 bits per heavy atom. The molecule has 0 aliphatic rings. The van der Waals surface area contributed by atoms with Gasteiger partial charge in [0.15, 0.2) is 0 Å². The van der Waals surface area contributed by atoms with Crippen LogP contribution in [0.25, 0.3) is 11.1 Å². The number of hydrogen-bond acceptors (Lipinski definition) is 3. The van der Waals surface area contributed by atoms with Crippen LogP contribution in [0, 0.1) is 0 Å². The fourth-order valence-corrected chi connectivity index (χ4v) is 4.18. The van der Waals surface area contributed by atoms with Gasteiger partial charge in [0.2, 0.25) is 7.37 Å². The summed E-state index contributed by atoms with van der Waals surface area (Å²) in [5.41, 5.74) is 2.99. The molecule has 2 atom stereocenters. The average Bonchev–Trinajstić information content (AvgIpc) is 2.53. The van der Waals surface area contributed by atoms with Gasteiger partial charge < -0.3 is 15.1 Å². The van der Waals surface area contributed by atoms with Crippen molar-refractivity contribution in [3.05, 3.63) is 60.2 Å². The Morgan fingerprint density at radius 3 is 2.33 bits per heavy atom. The number of aliphatic hydroxyl groups is 1. The second-order valence-corrected chi connectivity index (χ2v) is 8.28. The van der Waals surface area contributed by atoms with E-state index in [1.54, 1.807) is 0 Å². The van der Waals surface area contributed by atoms with Crippen molar-refractivity contribution in [2.24, 2.45) is 0 Å². The van der Waals surface area contributed by atoms with Crippen LogP contribution >= 0.6 is 7.37 Å². The maximum absolute atomic E-state index is 12.2. The third kappa shape index (κ3) is 5.60. The Morgan fingerprint density at radius 2 is 1.67 bits per heavy atom. The van der Waals surface area contributed by atoms with Crippen LogP contribution in [0.2, 0.25) is 0 Å². The standard InChI is InChI=1S/C18H21O5P/c19-16(12-18(20)21)13-24(22,23)11-10-15-8-4-5-9-17(15)14-6-2-1-3-7-14/h1-9,16,19H,10-13H2,(H,20,21)(H,22,23). The first-order chi connectivity index (χ1) is 11.4. The Balaban J connectivity index is 2.07. The van der Waals surface area contributed by atoms with Crippen molar-refractivity contribution in [1.29, 1.82) is 0 Å². The minimum absolute atomic E-state index is 0.00747. The van der Waals surface area contributed by atoms with Crippen LogP contribution in [0.15, 0.2) is 54.6 Å². The lowest BCUT2D eigenvalue weighted by molar-refractivity contribution is -0.138. The van der Waals surface area contributed by atoms with Crippen molar-refractivity contribution in [2.45, 2.75) is 18.9 Å². The first-order valence-electron chi connectivity index (χ1n) is 7.71. The Labute approximate surface area is 141 Å². The third-order valence-electron chi connectivity index (χ3n) is 3.74. The monoisotopic (exact) mass is 348 g/mol. The first-order valence-corrected chi connectivity index (χ1v) is 9.74. The second kappa shape index (κ2) is 8.25. The van der Waals surface area contributed by atoms with Crippen LogP contribution in [-0.2, 0) is 15.8 Å².